The van der Waals surface area contributed by atoms with Crippen LogP contribution in [0.4, 0.5) is 17.1 Å². The summed E-state index contributed by atoms with van der Waals surface area (Å²) in [7, 11) is 0. The molecule has 0 spiro atoms. The van der Waals surface area contributed by atoms with Gasteiger partial charge in [-0.05, 0) is 106 Å². The number of benzene rings is 3. The van der Waals surface area contributed by atoms with Gasteiger partial charge < -0.3 is 4.90 Å². The van der Waals surface area contributed by atoms with Crippen molar-refractivity contribution < 1.29 is 0 Å². The molecule has 0 radical (unpaired) electrons. The smallest absolute Gasteiger partial charge is 0.0464 e. The molecule has 0 aromatic heterocycles. The molecule has 0 fully saturated rings. The lowest BCUT2D eigenvalue weighted by atomic mass is 9.70. The molecule has 0 N–H and O–H groups in total. The van der Waals surface area contributed by atoms with Crippen molar-refractivity contribution in [2.75, 3.05) is 4.90 Å². The van der Waals surface area contributed by atoms with Crippen LogP contribution < -0.4 is 4.90 Å². The van der Waals surface area contributed by atoms with Gasteiger partial charge in [-0.2, -0.15) is 0 Å². The van der Waals surface area contributed by atoms with Gasteiger partial charge in [0.2, 0.25) is 0 Å². The number of anilines is 3. The molecule has 1 aliphatic carbocycles. The molecule has 4 rings (SSSR count). The van der Waals surface area contributed by atoms with E-state index in [4.69, 9.17) is 0 Å². The van der Waals surface area contributed by atoms with Crippen molar-refractivity contribution in [3.05, 3.63) is 89.0 Å². The van der Waals surface area contributed by atoms with E-state index in [0.717, 1.165) is 12.8 Å². The van der Waals surface area contributed by atoms with Crippen molar-refractivity contribution in [3.8, 4) is 0 Å². The summed E-state index contributed by atoms with van der Waals surface area (Å²) < 4.78 is 0. The molecule has 0 aliphatic heterocycles. The lowest BCUT2D eigenvalue weighted by molar-refractivity contribution is 0.323. The van der Waals surface area contributed by atoms with Crippen molar-refractivity contribution in [1.82, 2.24) is 0 Å². The van der Waals surface area contributed by atoms with E-state index in [2.05, 4.69) is 134 Å². The predicted octanol–water partition coefficient (Wildman–Crippen LogP) is 10.6. The van der Waals surface area contributed by atoms with Crippen LogP contribution in [0.3, 0.4) is 0 Å². The Morgan fingerprint density at radius 3 is 1.50 bits per heavy atom. The minimum atomic E-state index is 0.187. The molecule has 1 unspecified atom stereocenters. The molecule has 1 aliphatic rings. The van der Waals surface area contributed by atoms with Gasteiger partial charge in [0.25, 0.3) is 0 Å². The van der Waals surface area contributed by atoms with Gasteiger partial charge in [0.1, 0.15) is 0 Å². The average molecular weight is 482 g/mol. The molecular weight excluding hydrogens is 434 g/mol. The molecule has 1 heteroatoms. The lowest BCUT2D eigenvalue weighted by Crippen LogP contribution is -2.23. The van der Waals surface area contributed by atoms with Crippen LogP contribution in [0.2, 0.25) is 0 Å². The second kappa shape index (κ2) is 9.73. The van der Waals surface area contributed by atoms with Crippen molar-refractivity contribution in [3.63, 3.8) is 0 Å². The molecule has 0 saturated carbocycles. The Morgan fingerprint density at radius 1 is 0.639 bits per heavy atom. The number of rotatable bonds is 8. The summed E-state index contributed by atoms with van der Waals surface area (Å²) in [6.45, 7) is 21.0. The van der Waals surface area contributed by atoms with Crippen LogP contribution in [-0.4, -0.2) is 0 Å². The molecule has 0 bridgehead atoms. The minimum absolute atomic E-state index is 0.187. The number of hydrogen-bond acceptors (Lipinski definition) is 1. The topological polar surface area (TPSA) is 3.24 Å². The zero-order valence-corrected chi connectivity index (χ0v) is 24.2. The zero-order chi connectivity index (χ0) is 26.3. The van der Waals surface area contributed by atoms with Crippen LogP contribution in [0.15, 0.2) is 66.7 Å². The fraction of sp³-hybridized carbons (Fsp3) is 0.486. The first-order valence-electron chi connectivity index (χ1n) is 14.0. The van der Waals surface area contributed by atoms with E-state index in [-0.39, 0.29) is 10.8 Å². The summed E-state index contributed by atoms with van der Waals surface area (Å²) >= 11 is 0. The van der Waals surface area contributed by atoms with Gasteiger partial charge in [0, 0.05) is 17.1 Å². The Kier molecular flexibility index (Phi) is 7.17. The highest BCUT2D eigenvalue weighted by molar-refractivity contribution is 5.78. The van der Waals surface area contributed by atoms with Crippen LogP contribution in [-0.2, 0) is 17.3 Å². The van der Waals surface area contributed by atoms with Crippen molar-refractivity contribution in [2.45, 2.75) is 105 Å². The number of fused-ring (bicyclic) bond motifs is 1. The summed E-state index contributed by atoms with van der Waals surface area (Å²) in [6.07, 6.45) is 4.72. The van der Waals surface area contributed by atoms with Crippen molar-refractivity contribution in [1.29, 1.82) is 0 Å². The Bertz CT molecular complexity index is 1110. The first-order valence-corrected chi connectivity index (χ1v) is 14.0. The summed E-state index contributed by atoms with van der Waals surface area (Å²) in [5.74, 6) is 0.669. The van der Waals surface area contributed by atoms with Crippen LogP contribution in [0, 0.1) is 5.41 Å². The largest absolute Gasteiger partial charge is 0.310 e. The first-order chi connectivity index (χ1) is 16.8. The molecule has 3 aromatic carbocycles. The van der Waals surface area contributed by atoms with Gasteiger partial charge in [-0.3, -0.25) is 0 Å². The van der Waals surface area contributed by atoms with Crippen molar-refractivity contribution >= 4 is 17.1 Å². The van der Waals surface area contributed by atoms with Gasteiger partial charge in [0.15, 0.2) is 0 Å². The van der Waals surface area contributed by atoms with Crippen LogP contribution in [0.5, 0.6) is 0 Å². The van der Waals surface area contributed by atoms with Gasteiger partial charge >= 0.3 is 0 Å². The highest BCUT2D eigenvalue weighted by Gasteiger charge is 2.31. The highest BCUT2D eigenvalue weighted by Crippen LogP contribution is 2.46. The molecule has 0 amide bonds. The number of hydrogen-bond donors (Lipinski definition) is 0. The van der Waals surface area contributed by atoms with E-state index in [9.17, 15) is 0 Å². The summed E-state index contributed by atoms with van der Waals surface area (Å²) in [5, 5.41) is 0. The normalized spacial score (nSPS) is 15.9. The second-order valence-corrected chi connectivity index (χ2v) is 13.5. The Hall–Kier alpha value is -2.54. The molecular formula is C35H47N. The van der Waals surface area contributed by atoms with Crippen LogP contribution >= 0.6 is 0 Å². The molecule has 0 heterocycles. The highest BCUT2D eigenvalue weighted by atomic mass is 15.1. The third kappa shape index (κ3) is 5.41. The summed E-state index contributed by atoms with van der Waals surface area (Å²) in [5.41, 5.74) is 10.3. The number of nitrogens with zero attached hydrogens (tertiary/aromatic N) is 1. The Balaban J connectivity index is 1.76. The average Bonchev–Trinajstić information content (AvgIpc) is 2.83. The maximum absolute atomic E-state index is 2.46. The van der Waals surface area contributed by atoms with E-state index < -0.39 is 0 Å². The molecule has 192 valence electrons. The van der Waals surface area contributed by atoms with Gasteiger partial charge in [-0.1, -0.05) is 92.6 Å². The molecule has 0 saturated heterocycles. The van der Waals surface area contributed by atoms with Crippen LogP contribution in [0.25, 0.3) is 0 Å². The molecule has 1 nitrogen and oxygen atoms in total. The molecule has 1 atom stereocenters. The maximum Gasteiger partial charge on any atom is 0.0464 e. The molecule has 3 aromatic rings. The monoisotopic (exact) mass is 481 g/mol. The standard InChI is InChI=1S/C35H47N/c1-10-34(6,7)27-13-18-29(19-14-27)36(30-20-15-28(16-21-30)35(8,9)11-2)31-17-12-25-22-26(32(25)23-31)24-33(3,4)5/h12-21,23,26H,10-11,22,24H2,1-9H3. The molecule has 36 heavy (non-hydrogen) atoms. The quantitative estimate of drug-likeness (QED) is 0.309. The predicted molar refractivity (Wildman–Crippen MR) is 158 cm³/mol. The fourth-order valence-electron chi connectivity index (χ4n) is 5.43. The Labute approximate surface area is 221 Å². The third-order valence-electron chi connectivity index (χ3n) is 8.73. The fourth-order valence-corrected chi connectivity index (χ4v) is 5.43. The van der Waals surface area contributed by atoms with E-state index in [1.807, 2.05) is 0 Å². The van der Waals surface area contributed by atoms with Crippen molar-refractivity contribution in [2.24, 2.45) is 5.41 Å². The third-order valence-corrected chi connectivity index (χ3v) is 8.73. The van der Waals surface area contributed by atoms with Gasteiger partial charge in [0.05, 0.1) is 0 Å². The lowest BCUT2D eigenvalue weighted by Gasteiger charge is -2.37. The van der Waals surface area contributed by atoms with Crippen LogP contribution in [0.1, 0.15) is 110 Å². The van der Waals surface area contributed by atoms with E-state index in [0.29, 0.717) is 11.3 Å². The van der Waals surface area contributed by atoms with Gasteiger partial charge in [-0.25, -0.2) is 0 Å². The van der Waals surface area contributed by atoms with E-state index in [1.165, 1.54) is 46.6 Å². The SMILES string of the molecule is CCC(C)(C)c1ccc(N(c2ccc(C(C)(C)CC)cc2)c2ccc3c(c2)C(CC(C)(C)C)C3)cc1. The van der Waals surface area contributed by atoms with E-state index >= 15 is 0 Å². The zero-order valence-electron chi connectivity index (χ0n) is 24.2. The minimum Gasteiger partial charge on any atom is -0.310 e. The summed E-state index contributed by atoms with van der Waals surface area (Å²) in [6, 6.07) is 25.7. The maximum atomic E-state index is 2.46. The van der Waals surface area contributed by atoms with E-state index in [1.54, 1.807) is 5.56 Å². The second-order valence-electron chi connectivity index (χ2n) is 13.5. The van der Waals surface area contributed by atoms with Gasteiger partial charge in [-0.15, -0.1) is 0 Å². The Morgan fingerprint density at radius 2 is 1.08 bits per heavy atom. The summed E-state index contributed by atoms with van der Waals surface area (Å²) in [4.78, 5) is 2.44. The first kappa shape index (κ1) is 26.5.